The highest BCUT2D eigenvalue weighted by molar-refractivity contribution is 6.31. The summed E-state index contributed by atoms with van der Waals surface area (Å²) >= 11 is 6.59. The maximum absolute atomic E-state index is 13.5. The Morgan fingerprint density at radius 3 is 2.72 bits per heavy atom. The number of benzene rings is 2. The molecule has 1 aliphatic rings. The number of H-pyrrole nitrogens is 1. The van der Waals surface area contributed by atoms with Crippen LogP contribution in [0.25, 0.3) is 28.1 Å². The minimum absolute atomic E-state index is 0.127. The number of hydrogen-bond donors (Lipinski definition) is 2. The number of halogens is 1. The fourth-order valence-electron chi connectivity index (χ4n) is 5.31. The summed E-state index contributed by atoms with van der Waals surface area (Å²) in [5.74, 6) is 0.611. The first-order valence-electron chi connectivity index (χ1n) is 13.8. The molecule has 0 saturated heterocycles. The van der Waals surface area contributed by atoms with Crippen molar-refractivity contribution < 1.29 is 14.3 Å². The number of rotatable bonds is 9. The number of methoxy groups -OCH3 is 1. The molecule has 43 heavy (non-hydrogen) atoms. The van der Waals surface area contributed by atoms with Crippen molar-refractivity contribution in [2.45, 2.75) is 32.2 Å². The third kappa shape index (κ3) is 5.92. The lowest BCUT2D eigenvalue weighted by molar-refractivity contribution is 0.134. The molecule has 0 fully saturated rings. The van der Waals surface area contributed by atoms with Gasteiger partial charge >= 0.3 is 6.09 Å². The smallest absolute Gasteiger partial charge is 0.411 e. The van der Waals surface area contributed by atoms with E-state index in [4.69, 9.17) is 26.1 Å². The van der Waals surface area contributed by atoms with Gasteiger partial charge in [-0.3, -0.25) is 10.1 Å². The van der Waals surface area contributed by atoms with Gasteiger partial charge in [-0.2, -0.15) is 4.68 Å². The summed E-state index contributed by atoms with van der Waals surface area (Å²) < 4.78 is 13.5. The Balaban J connectivity index is 1.23. The molecule has 0 spiro atoms. The van der Waals surface area contributed by atoms with Crippen molar-refractivity contribution in [1.29, 1.82) is 0 Å². The zero-order chi connectivity index (χ0) is 29.9. The van der Waals surface area contributed by atoms with E-state index in [1.54, 1.807) is 34.6 Å². The Bertz CT molecular complexity index is 1820. The first kappa shape index (κ1) is 28.3. The number of pyridine rings is 1. The lowest BCUT2D eigenvalue weighted by atomic mass is 10.0. The fraction of sp³-hybridized carbons (Fsp3) is 0.267. The van der Waals surface area contributed by atoms with Gasteiger partial charge in [0.05, 0.1) is 18.3 Å². The van der Waals surface area contributed by atoms with Gasteiger partial charge in [0.15, 0.2) is 0 Å². The second-order valence-corrected chi connectivity index (χ2v) is 10.6. The van der Waals surface area contributed by atoms with Crippen molar-refractivity contribution in [3.8, 4) is 28.1 Å². The molecule has 0 radical (unpaired) electrons. The molecule has 2 aromatic carbocycles. The van der Waals surface area contributed by atoms with Crippen LogP contribution in [0.3, 0.4) is 0 Å². The molecule has 1 aliphatic heterocycles. The summed E-state index contributed by atoms with van der Waals surface area (Å²) in [4.78, 5) is 33.5. The lowest BCUT2D eigenvalue weighted by Crippen LogP contribution is -2.24. The third-order valence-electron chi connectivity index (χ3n) is 7.32. The summed E-state index contributed by atoms with van der Waals surface area (Å²) in [5, 5.41) is 14.6. The second-order valence-electron chi connectivity index (χ2n) is 10.2. The van der Waals surface area contributed by atoms with Crippen LogP contribution < -0.4 is 10.9 Å². The number of carbonyl (C=O) groups is 1. The fourth-order valence-corrected chi connectivity index (χ4v) is 5.56. The largest absolute Gasteiger partial charge is 0.449 e. The first-order chi connectivity index (χ1) is 20.9. The summed E-state index contributed by atoms with van der Waals surface area (Å²) in [5.41, 5.74) is 6.22. The van der Waals surface area contributed by atoms with E-state index in [0.717, 1.165) is 33.6 Å². The molecule has 13 heteroatoms. The third-order valence-corrected chi connectivity index (χ3v) is 7.59. The normalized spacial score (nSPS) is 14.1. The topological polar surface area (TPSA) is 142 Å². The molecular weight excluding hydrogens is 572 g/mol. The van der Waals surface area contributed by atoms with Crippen molar-refractivity contribution in [2.24, 2.45) is 0 Å². The number of imidazole rings is 1. The van der Waals surface area contributed by atoms with Gasteiger partial charge in [-0.05, 0) is 66.1 Å². The molecule has 3 aromatic heterocycles. The Kier molecular flexibility index (Phi) is 8.03. The molecule has 6 rings (SSSR count). The van der Waals surface area contributed by atoms with E-state index in [2.05, 4.69) is 25.8 Å². The van der Waals surface area contributed by atoms with Crippen LogP contribution in [0.4, 0.5) is 10.5 Å². The Morgan fingerprint density at radius 2 is 1.95 bits per heavy atom. The van der Waals surface area contributed by atoms with Gasteiger partial charge in [-0.25, -0.2) is 9.78 Å². The van der Waals surface area contributed by atoms with Gasteiger partial charge in [-0.1, -0.05) is 35.4 Å². The number of hydrogen-bond acceptors (Lipinski definition) is 8. The molecule has 4 heterocycles. The van der Waals surface area contributed by atoms with Crippen molar-refractivity contribution in [1.82, 2.24) is 34.7 Å². The van der Waals surface area contributed by atoms with Gasteiger partial charge in [0.25, 0.3) is 5.56 Å². The summed E-state index contributed by atoms with van der Waals surface area (Å²) in [6.45, 7) is 2.80. The molecule has 0 bridgehead atoms. The van der Waals surface area contributed by atoms with Crippen LogP contribution in [0.15, 0.2) is 65.7 Å². The summed E-state index contributed by atoms with van der Waals surface area (Å²) in [7, 11) is 1.60. The average molecular weight is 601 g/mol. The van der Waals surface area contributed by atoms with Crippen LogP contribution >= 0.6 is 11.6 Å². The van der Waals surface area contributed by atoms with Crippen LogP contribution in [0.5, 0.6) is 0 Å². The highest BCUT2D eigenvalue weighted by Crippen LogP contribution is 2.35. The highest BCUT2D eigenvalue weighted by Gasteiger charge is 2.29. The molecular formula is C30H29ClN8O4. The number of aryl methyl sites for hydroxylation is 2. The van der Waals surface area contributed by atoms with E-state index >= 15 is 0 Å². The molecule has 5 aromatic rings. The van der Waals surface area contributed by atoms with Crippen molar-refractivity contribution in [3.63, 3.8) is 0 Å². The molecule has 12 nitrogen and oxygen atoms in total. The Morgan fingerprint density at radius 1 is 1.12 bits per heavy atom. The van der Waals surface area contributed by atoms with Crippen molar-refractivity contribution in [3.05, 3.63) is 93.5 Å². The standard InChI is InChI=1S/C30H29ClN8O4/c1-18-4-10-24(38-17-32-36-37-38)23(14-18)20-15-22-9-11-25(39(22)26(40)16-20)29-34-27(28(31)35-29)19-5-7-21(8-6-19)33-30(41)43-13-3-12-42-2/h4-8,10,14-17,25H,3,9,11-13H2,1-2H3,(H,33,41)(H,34,35)/t25-/m0/s1. The molecule has 0 aliphatic carbocycles. The number of aromatic amines is 1. The number of fused-ring (bicyclic) bond motifs is 1. The number of ether oxygens (including phenoxy) is 2. The maximum atomic E-state index is 13.5. The highest BCUT2D eigenvalue weighted by atomic mass is 35.5. The monoisotopic (exact) mass is 600 g/mol. The molecule has 0 unspecified atom stereocenters. The predicted molar refractivity (Wildman–Crippen MR) is 161 cm³/mol. The second kappa shape index (κ2) is 12.2. The van der Waals surface area contributed by atoms with Gasteiger partial charge < -0.3 is 19.0 Å². The molecule has 1 amide bonds. The van der Waals surface area contributed by atoms with Crippen molar-refractivity contribution >= 4 is 23.4 Å². The number of anilines is 1. The average Bonchev–Trinajstić information content (AvgIpc) is 3.76. The molecule has 0 saturated carbocycles. The van der Waals surface area contributed by atoms with E-state index in [0.29, 0.717) is 48.2 Å². The first-order valence-corrected chi connectivity index (χ1v) is 14.2. The zero-order valence-corrected chi connectivity index (χ0v) is 24.3. The predicted octanol–water partition coefficient (Wildman–Crippen LogP) is 4.96. The number of carbonyl (C=O) groups excluding carboxylic acids is 1. The van der Waals surface area contributed by atoms with E-state index in [1.165, 1.54) is 6.33 Å². The van der Waals surface area contributed by atoms with Crippen LogP contribution in [0.1, 0.15) is 36.0 Å². The Labute approximate surface area is 251 Å². The number of nitrogens with one attached hydrogen (secondary N) is 2. The van der Waals surface area contributed by atoms with Gasteiger partial charge in [-0.15, -0.1) is 5.10 Å². The van der Waals surface area contributed by atoms with E-state index < -0.39 is 6.09 Å². The summed E-state index contributed by atoms with van der Waals surface area (Å²) in [6, 6.07) is 16.5. The number of amides is 1. The Hall–Kier alpha value is -4.81. The molecule has 2 N–H and O–H groups in total. The maximum Gasteiger partial charge on any atom is 0.411 e. The van der Waals surface area contributed by atoms with Gasteiger partial charge in [0, 0.05) is 48.7 Å². The van der Waals surface area contributed by atoms with Crippen LogP contribution in [0.2, 0.25) is 5.15 Å². The van der Waals surface area contributed by atoms with Gasteiger partial charge in [0.2, 0.25) is 0 Å². The van der Waals surface area contributed by atoms with Crippen LogP contribution in [-0.2, 0) is 15.9 Å². The van der Waals surface area contributed by atoms with E-state index in [1.807, 2.05) is 43.3 Å². The summed E-state index contributed by atoms with van der Waals surface area (Å²) in [6.07, 6.45) is 3.02. The zero-order valence-electron chi connectivity index (χ0n) is 23.6. The lowest BCUT2D eigenvalue weighted by Gasteiger charge is -2.15. The van der Waals surface area contributed by atoms with E-state index in [9.17, 15) is 9.59 Å². The minimum atomic E-state index is -0.536. The van der Waals surface area contributed by atoms with Crippen LogP contribution in [0, 0.1) is 6.92 Å². The SMILES string of the molecule is COCCCOC(=O)Nc1ccc(-c2nc([C@@H]3CCc4cc(-c5cc(C)ccc5-n5cnnn5)cc(=O)n43)[nH]c2Cl)cc1. The number of nitrogens with zero attached hydrogens (tertiary/aromatic N) is 6. The van der Waals surface area contributed by atoms with E-state index in [-0.39, 0.29) is 18.2 Å². The number of tetrazole rings is 1. The van der Waals surface area contributed by atoms with Crippen molar-refractivity contribution in [2.75, 3.05) is 25.6 Å². The van der Waals surface area contributed by atoms with Gasteiger partial charge in [0.1, 0.15) is 23.0 Å². The number of aromatic nitrogens is 7. The molecule has 220 valence electrons. The quantitative estimate of drug-likeness (QED) is 0.226. The molecule has 1 atom stereocenters. The van der Waals surface area contributed by atoms with Crippen LogP contribution in [-0.4, -0.2) is 61.2 Å². The minimum Gasteiger partial charge on any atom is -0.449 e.